The molecule has 0 atom stereocenters. The summed E-state index contributed by atoms with van der Waals surface area (Å²) in [6.07, 6.45) is 0. The molecule has 0 bridgehead atoms. The van der Waals surface area contributed by atoms with Crippen molar-refractivity contribution >= 4 is 42.8 Å². The van der Waals surface area contributed by atoms with Crippen LogP contribution in [0.15, 0.2) is 133 Å². The van der Waals surface area contributed by atoms with Gasteiger partial charge >= 0.3 is 40.1 Å². The summed E-state index contributed by atoms with van der Waals surface area (Å²) < 4.78 is 32.1. The molecule has 0 fully saturated rings. The second-order valence-electron chi connectivity index (χ2n) is 7.95. The number of halogens is 5. The van der Waals surface area contributed by atoms with Crippen molar-refractivity contribution in [3.63, 3.8) is 0 Å². The average Bonchev–Trinajstić information content (AvgIpc) is 3.59. The second-order valence-corrected chi connectivity index (χ2v) is 16.2. The van der Waals surface area contributed by atoms with Crippen molar-refractivity contribution in [1.82, 2.24) is 0 Å². The first-order valence-corrected chi connectivity index (χ1v) is 19.7. The van der Waals surface area contributed by atoms with Gasteiger partial charge in [0.25, 0.3) is 0 Å². The minimum Gasteiger partial charge on any atom is -0.358 e. The van der Waals surface area contributed by atoms with E-state index in [4.69, 9.17) is 17.0 Å². The molecule has 0 nitrogen and oxygen atoms in total. The molecule has 0 spiro atoms. The van der Waals surface area contributed by atoms with Gasteiger partial charge in [0.1, 0.15) is 0 Å². The predicted molar refractivity (Wildman–Crippen MR) is 162 cm³/mol. The van der Waals surface area contributed by atoms with E-state index in [9.17, 15) is 13.2 Å². The summed E-state index contributed by atoms with van der Waals surface area (Å²) in [6, 6.07) is 46.8. The van der Waals surface area contributed by atoms with Gasteiger partial charge in [0, 0.05) is 0 Å². The van der Waals surface area contributed by atoms with E-state index in [1.54, 1.807) is 0 Å². The van der Waals surface area contributed by atoms with E-state index >= 15 is 0 Å². The van der Waals surface area contributed by atoms with Crippen LogP contribution < -0.4 is 0 Å². The predicted octanol–water partition coefficient (Wildman–Crippen LogP) is 11.6. The van der Waals surface area contributed by atoms with Crippen LogP contribution in [0, 0.1) is 14.1 Å². The molecule has 202 valence electrons. The van der Waals surface area contributed by atoms with Gasteiger partial charge in [0.05, 0.1) is 0 Å². The van der Waals surface area contributed by atoms with Gasteiger partial charge in [-0.15, -0.1) is 57.9 Å². The van der Waals surface area contributed by atoms with Gasteiger partial charge in [-0.2, -0.15) is 24.3 Å². The topological polar surface area (TPSA) is 0 Å². The fourth-order valence-corrected chi connectivity index (χ4v) is 4.06. The third kappa shape index (κ3) is 10.4. The number of hydrogen-bond donors (Lipinski definition) is 0. The molecule has 0 saturated heterocycles. The maximum absolute atomic E-state index is 9.58. The van der Waals surface area contributed by atoms with Gasteiger partial charge in [0.15, 0.2) is 6.68 Å². The summed E-state index contributed by atoms with van der Waals surface area (Å²) in [5.41, 5.74) is 5.21. The molecule has 0 amide bonds. The second kappa shape index (κ2) is 17.0. The Labute approximate surface area is 243 Å². The Hall–Kier alpha value is -2.78. The van der Waals surface area contributed by atoms with Gasteiger partial charge in [-0.1, -0.05) is 83.9 Å². The molecule has 0 aliphatic rings. The first-order valence-electron chi connectivity index (χ1n) is 11.6. The van der Waals surface area contributed by atoms with Crippen LogP contribution in [0.25, 0.3) is 43.8 Å². The molecule has 6 aromatic rings. The fourth-order valence-electron chi connectivity index (χ4n) is 4.06. The molecule has 6 heteroatoms. The maximum Gasteiger partial charge on any atom is -0.0279 e. The number of hydrogen-bond acceptors (Lipinski definition) is 0. The zero-order valence-electron chi connectivity index (χ0n) is 21.3. The van der Waals surface area contributed by atoms with Gasteiger partial charge in [-0.25, -0.2) is 0 Å². The van der Waals surface area contributed by atoms with E-state index in [-0.39, 0.29) is 7.43 Å². The van der Waals surface area contributed by atoms with Crippen LogP contribution in [0.3, 0.4) is 0 Å². The van der Waals surface area contributed by atoms with Crippen molar-refractivity contribution in [2.24, 2.45) is 0 Å². The van der Waals surface area contributed by atoms with Crippen molar-refractivity contribution in [3.8, 4) is 22.3 Å². The molecule has 0 N–H and O–H groups in total. The molecular weight excluding hydrogens is 615 g/mol. The van der Waals surface area contributed by atoms with Crippen molar-refractivity contribution in [2.45, 2.75) is 0 Å². The van der Waals surface area contributed by atoms with Gasteiger partial charge in [-0.3, -0.25) is 0 Å². The quantitative estimate of drug-likeness (QED) is 0.165. The molecule has 0 unspecified atom stereocenters. The summed E-state index contributed by atoms with van der Waals surface area (Å²) in [5.74, 6) is 0. The molecule has 6 aromatic carbocycles. The Morgan fingerprint density at radius 3 is 1.23 bits per heavy atom. The van der Waals surface area contributed by atoms with E-state index < -0.39 is 25.6 Å². The van der Waals surface area contributed by atoms with Crippen LogP contribution in [-0.2, 0) is 18.9 Å². The number of rotatable bonds is 2. The monoisotopic (exact) mass is 640 g/mol. The smallest absolute Gasteiger partial charge is 0.0279 e. The normalized spacial score (nSPS) is 9.79. The van der Waals surface area contributed by atoms with Crippen LogP contribution >= 0.6 is 17.0 Å². The van der Waals surface area contributed by atoms with E-state index in [2.05, 4.69) is 138 Å². The molecule has 39 heavy (non-hydrogen) atoms. The standard InChI is InChI=1S/2C15H11.CF3.CH3.CH2.2ClH.Zr/c2*1-2-6-12(7-3-1)14-10-4-8-13-9-5-11-15(13)14;2-1(3)4;;;;;/h2*1-11H;;1H3;1H2;2*1H;/q4*-1;;;;+2/p-2. The van der Waals surface area contributed by atoms with Crippen molar-refractivity contribution in [3.05, 3.63) is 148 Å². The molecule has 0 aromatic heterocycles. The van der Waals surface area contributed by atoms with Crippen LogP contribution in [0.4, 0.5) is 13.2 Å². The Kier molecular flexibility index (Phi) is 14.2. The summed E-state index contributed by atoms with van der Waals surface area (Å²) in [4.78, 5) is 0. The first kappa shape index (κ1) is 32.4. The molecule has 0 radical (unpaired) electrons. The van der Waals surface area contributed by atoms with Crippen LogP contribution in [-0.4, -0.2) is 4.21 Å². The zero-order chi connectivity index (χ0) is 27.3. The molecule has 0 aliphatic carbocycles. The van der Waals surface area contributed by atoms with Crippen LogP contribution in [0.5, 0.6) is 0 Å². The Morgan fingerprint density at radius 1 is 0.564 bits per heavy atom. The van der Waals surface area contributed by atoms with E-state index in [0.717, 1.165) is 0 Å². The van der Waals surface area contributed by atoms with Gasteiger partial charge in [-0.05, 0) is 11.1 Å². The summed E-state index contributed by atoms with van der Waals surface area (Å²) in [7, 11) is 10.3. The van der Waals surface area contributed by atoms with Gasteiger partial charge in [0.2, 0.25) is 0 Å². The molecule has 0 aliphatic heterocycles. The third-order valence-corrected chi connectivity index (χ3v) is 5.53. The SMILES string of the molecule is F[C-](F)F.[CH2]=[Zr]([Cl])[Cl].[CH3-].c1ccc(-c2cccc3[cH-]ccc23)cc1.c1ccc(-c2cccc3[cH-]ccc23)cc1. The number of benzene rings is 4. The fraction of sp³-hybridized carbons (Fsp3) is 0. The van der Waals surface area contributed by atoms with Crippen molar-refractivity contribution < 1.29 is 32.1 Å². The summed E-state index contributed by atoms with van der Waals surface area (Å²) in [6.45, 7) is -3.08. The van der Waals surface area contributed by atoms with Crippen molar-refractivity contribution in [2.75, 3.05) is 0 Å². The van der Waals surface area contributed by atoms with E-state index in [1.165, 1.54) is 43.8 Å². The molecular formula is C33H27Cl2F3Zr-4. The van der Waals surface area contributed by atoms with Crippen molar-refractivity contribution in [1.29, 1.82) is 0 Å². The largest absolute Gasteiger partial charge is 0.358 e. The summed E-state index contributed by atoms with van der Waals surface area (Å²) in [5, 5.41) is 5.31. The van der Waals surface area contributed by atoms with E-state index in [1.807, 2.05) is 0 Å². The van der Waals surface area contributed by atoms with Crippen LogP contribution in [0.2, 0.25) is 0 Å². The zero-order valence-corrected chi connectivity index (χ0v) is 25.3. The minimum atomic E-state index is -3.08. The average molecular weight is 643 g/mol. The van der Waals surface area contributed by atoms with E-state index in [0.29, 0.717) is 0 Å². The Bertz CT molecular complexity index is 1420. The maximum atomic E-state index is 9.58. The minimum absolute atomic E-state index is 0. The molecule has 6 rings (SSSR count). The summed E-state index contributed by atoms with van der Waals surface area (Å²) >= 11 is -1.85. The molecule has 0 heterocycles. The number of fused-ring (bicyclic) bond motifs is 2. The molecule has 0 saturated carbocycles. The first-order chi connectivity index (χ1) is 18.4. The van der Waals surface area contributed by atoms with Gasteiger partial charge < -0.3 is 20.6 Å². The third-order valence-electron chi connectivity index (χ3n) is 5.53. The van der Waals surface area contributed by atoms with Crippen LogP contribution in [0.1, 0.15) is 0 Å². The Morgan fingerprint density at radius 2 is 0.897 bits per heavy atom. The Balaban J connectivity index is 0.000000212.